The van der Waals surface area contributed by atoms with E-state index in [0.29, 0.717) is 13.1 Å². The second-order valence-corrected chi connectivity index (χ2v) is 4.37. The van der Waals surface area contributed by atoms with Gasteiger partial charge in [0, 0.05) is 13.2 Å². The summed E-state index contributed by atoms with van der Waals surface area (Å²) in [6.45, 7) is 3.39. The Labute approximate surface area is 119 Å². The smallest absolute Gasteiger partial charge is 0.191 e. The molecular formula is C15H20N4O. The third-order valence-corrected chi connectivity index (χ3v) is 2.96. The van der Waals surface area contributed by atoms with Crippen molar-refractivity contribution in [2.24, 2.45) is 4.99 Å². The molecule has 106 valence electrons. The molecule has 0 bridgehead atoms. The first-order chi connectivity index (χ1) is 9.81. The first-order valence-corrected chi connectivity index (χ1v) is 6.72. The van der Waals surface area contributed by atoms with Crippen LogP contribution >= 0.6 is 0 Å². The molecular weight excluding hydrogens is 252 g/mol. The van der Waals surface area contributed by atoms with Gasteiger partial charge in [-0.25, -0.2) is 0 Å². The van der Waals surface area contributed by atoms with Crippen molar-refractivity contribution >= 4 is 5.96 Å². The van der Waals surface area contributed by atoms with Crippen LogP contribution in [0, 0.1) is 0 Å². The van der Waals surface area contributed by atoms with Gasteiger partial charge in [-0.1, -0.05) is 6.92 Å². The highest BCUT2D eigenvalue weighted by Crippen LogP contribution is 2.02. The van der Waals surface area contributed by atoms with Crippen LogP contribution < -0.4 is 10.6 Å². The maximum absolute atomic E-state index is 5.26. The number of nitrogens with zero attached hydrogens (tertiary/aromatic N) is 2. The summed E-state index contributed by atoms with van der Waals surface area (Å²) in [6, 6.07) is 7.93. The summed E-state index contributed by atoms with van der Waals surface area (Å²) < 4.78 is 5.26. The molecule has 0 aliphatic heterocycles. The van der Waals surface area contributed by atoms with Crippen LogP contribution in [0.1, 0.15) is 23.9 Å². The van der Waals surface area contributed by atoms with Gasteiger partial charge >= 0.3 is 0 Å². The van der Waals surface area contributed by atoms with Gasteiger partial charge in [0.05, 0.1) is 25.0 Å². The topological polar surface area (TPSA) is 62.5 Å². The average molecular weight is 272 g/mol. The van der Waals surface area contributed by atoms with E-state index >= 15 is 0 Å². The molecule has 2 heterocycles. The molecule has 2 N–H and O–H groups in total. The Kier molecular flexibility index (Phi) is 5.17. The summed E-state index contributed by atoms with van der Waals surface area (Å²) in [7, 11) is 1.74. The van der Waals surface area contributed by atoms with E-state index in [1.165, 1.54) is 5.56 Å². The summed E-state index contributed by atoms with van der Waals surface area (Å²) in [5, 5.41) is 6.42. The number of aromatic nitrogens is 1. The predicted molar refractivity (Wildman–Crippen MR) is 79.4 cm³/mol. The van der Waals surface area contributed by atoms with Crippen molar-refractivity contribution in [2.75, 3.05) is 7.05 Å². The Morgan fingerprint density at radius 3 is 2.85 bits per heavy atom. The summed E-state index contributed by atoms with van der Waals surface area (Å²) in [5.41, 5.74) is 2.29. The van der Waals surface area contributed by atoms with Crippen molar-refractivity contribution in [1.82, 2.24) is 15.6 Å². The van der Waals surface area contributed by atoms with Crippen molar-refractivity contribution in [1.29, 1.82) is 0 Å². The van der Waals surface area contributed by atoms with Crippen LogP contribution in [-0.4, -0.2) is 18.0 Å². The van der Waals surface area contributed by atoms with Gasteiger partial charge in [-0.2, -0.15) is 0 Å². The highest BCUT2D eigenvalue weighted by molar-refractivity contribution is 5.79. The lowest BCUT2D eigenvalue weighted by atomic mass is 10.2. The molecule has 0 aliphatic rings. The maximum atomic E-state index is 5.26. The molecule has 0 radical (unpaired) electrons. The van der Waals surface area contributed by atoms with E-state index in [-0.39, 0.29) is 0 Å². The Hall–Kier alpha value is -2.30. The molecule has 0 saturated carbocycles. The molecule has 0 fully saturated rings. The molecule has 2 aromatic rings. The number of aryl methyl sites for hydroxylation is 1. The molecule has 5 heteroatoms. The van der Waals surface area contributed by atoms with E-state index in [1.54, 1.807) is 13.3 Å². The second kappa shape index (κ2) is 7.33. The third kappa shape index (κ3) is 4.12. The largest absolute Gasteiger partial charge is 0.467 e. The molecule has 0 atom stereocenters. The summed E-state index contributed by atoms with van der Waals surface area (Å²) in [6.07, 6.45) is 4.52. The van der Waals surface area contributed by atoms with Crippen molar-refractivity contribution in [3.63, 3.8) is 0 Å². The summed E-state index contributed by atoms with van der Waals surface area (Å²) >= 11 is 0. The van der Waals surface area contributed by atoms with Gasteiger partial charge in [-0.05, 0) is 36.2 Å². The minimum Gasteiger partial charge on any atom is -0.467 e. The SMILES string of the molecule is CCc1ccnc(CNC(=NC)NCc2ccco2)c1. The zero-order valence-corrected chi connectivity index (χ0v) is 11.9. The molecule has 0 saturated heterocycles. The zero-order valence-electron chi connectivity index (χ0n) is 11.9. The van der Waals surface area contributed by atoms with E-state index < -0.39 is 0 Å². The highest BCUT2D eigenvalue weighted by Gasteiger charge is 2.01. The van der Waals surface area contributed by atoms with E-state index in [9.17, 15) is 0 Å². The van der Waals surface area contributed by atoms with E-state index in [2.05, 4.69) is 33.6 Å². The van der Waals surface area contributed by atoms with Crippen LogP contribution in [0.25, 0.3) is 0 Å². The van der Waals surface area contributed by atoms with Gasteiger partial charge in [0.2, 0.25) is 0 Å². The normalized spacial score (nSPS) is 11.4. The quantitative estimate of drug-likeness (QED) is 0.646. The standard InChI is InChI=1S/C15H20N4O/c1-3-12-6-7-17-13(9-12)10-18-15(16-2)19-11-14-5-4-8-20-14/h4-9H,3,10-11H2,1-2H3,(H2,16,18,19). The second-order valence-electron chi connectivity index (χ2n) is 4.37. The van der Waals surface area contributed by atoms with Gasteiger partial charge in [-0.3, -0.25) is 9.98 Å². The lowest BCUT2D eigenvalue weighted by Gasteiger charge is -2.11. The van der Waals surface area contributed by atoms with Crippen molar-refractivity contribution in [3.05, 3.63) is 53.7 Å². The number of aliphatic imine (C=N–C) groups is 1. The molecule has 0 aliphatic carbocycles. The minimum absolute atomic E-state index is 0.606. The van der Waals surface area contributed by atoms with Gasteiger partial charge in [-0.15, -0.1) is 0 Å². The number of pyridine rings is 1. The molecule has 5 nitrogen and oxygen atoms in total. The van der Waals surface area contributed by atoms with Crippen molar-refractivity contribution < 1.29 is 4.42 Å². The highest BCUT2D eigenvalue weighted by atomic mass is 16.3. The van der Waals surface area contributed by atoms with Gasteiger partial charge in [0.25, 0.3) is 0 Å². The first-order valence-electron chi connectivity index (χ1n) is 6.72. The number of rotatable bonds is 5. The van der Waals surface area contributed by atoms with Gasteiger partial charge < -0.3 is 15.1 Å². The fourth-order valence-corrected chi connectivity index (χ4v) is 1.82. The monoisotopic (exact) mass is 272 g/mol. The van der Waals surface area contributed by atoms with Gasteiger partial charge in [0.15, 0.2) is 5.96 Å². The Morgan fingerprint density at radius 1 is 1.30 bits per heavy atom. The van der Waals surface area contributed by atoms with Crippen LogP contribution in [0.5, 0.6) is 0 Å². The number of hydrogen-bond donors (Lipinski definition) is 2. The maximum Gasteiger partial charge on any atom is 0.191 e. The van der Waals surface area contributed by atoms with Gasteiger partial charge in [0.1, 0.15) is 5.76 Å². The molecule has 2 aromatic heterocycles. The van der Waals surface area contributed by atoms with E-state index in [4.69, 9.17) is 4.42 Å². The van der Waals surface area contributed by atoms with Crippen LogP contribution in [0.2, 0.25) is 0 Å². The van der Waals surface area contributed by atoms with Crippen LogP contribution in [0.3, 0.4) is 0 Å². The van der Waals surface area contributed by atoms with Crippen LogP contribution in [0.15, 0.2) is 46.1 Å². The number of nitrogens with one attached hydrogen (secondary N) is 2. The summed E-state index contributed by atoms with van der Waals surface area (Å²) in [5.74, 6) is 1.60. The molecule has 2 rings (SSSR count). The molecule has 0 aromatic carbocycles. The number of guanidine groups is 1. The predicted octanol–water partition coefficient (Wildman–Crippen LogP) is 2.10. The minimum atomic E-state index is 0.606. The summed E-state index contributed by atoms with van der Waals surface area (Å²) in [4.78, 5) is 8.51. The average Bonchev–Trinajstić information content (AvgIpc) is 3.01. The Bertz CT molecular complexity index is 549. The first kappa shape index (κ1) is 14.1. The molecule has 0 spiro atoms. The molecule has 0 unspecified atom stereocenters. The lowest BCUT2D eigenvalue weighted by Crippen LogP contribution is -2.36. The fraction of sp³-hybridized carbons (Fsp3) is 0.333. The third-order valence-electron chi connectivity index (χ3n) is 2.96. The lowest BCUT2D eigenvalue weighted by molar-refractivity contribution is 0.501. The van der Waals surface area contributed by atoms with E-state index in [0.717, 1.165) is 23.8 Å². The van der Waals surface area contributed by atoms with E-state index in [1.807, 2.05) is 24.4 Å². The molecule has 20 heavy (non-hydrogen) atoms. The van der Waals surface area contributed by atoms with Crippen molar-refractivity contribution in [3.8, 4) is 0 Å². The Morgan fingerprint density at radius 2 is 2.15 bits per heavy atom. The van der Waals surface area contributed by atoms with Crippen LogP contribution in [-0.2, 0) is 19.5 Å². The zero-order chi connectivity index (χ0) is 14.2. The number of hydrogen-bond acceptors (Lipinski definition) is 3. The fourth-order valence-electron chi connectivity index (χ4n) is 1.82. The van der Waals surface area contributed by atoms with Crippen molar-refractivity contribution in [2.45, 2.75) is 26.4 Å². The molecule has 0 amide bonds. The van der Waals surface area contributed by atoms with Crippen LogP contribution in [0.4, 0.5) is 0 Å². The number of furan rings is 1. The Balaban J connectivity index is 1.84.